The van der Waals surface area contributed by atoms with Crippen LogP contribution in [0.15, 0.2) is 30.3 Å². The van der Waals surface area contributed by atoms with Crippen LogP contribution in [0.2, 0.25) is 0 Å². The summed E-state index contributed by atoms with van der Waals surface area (Å²) in [6.45, 7) is 4.16. The number of urea groups is 1. The van der Waals surface area contributed by atoms with Gasteiger partial charge in [0.25, 0.3) is 0 Å². The number of amides is 3. The predicted molar refractivity (Wildman–Crippen MR) is 116 cm³/mol. The Labute approximate surface area is 175 Å². The van der Waals surface area contributed by atoms with Gasteiger partial charge in [-0.15, -0.1) is 0 Å². The van der Waals surface area contributed by atoms with E-state index in [2.05, 4.69) is 34.5 Å². The molecule has 29 heavy (non-hydrogen) atoms. The van der Waals surface area contributed by atoms with Gasteiger partial charge in [0.15, 0.2) is 0 Å². The van der Waals surface area contributed by atoms with Crippen molar-refractivity contribution in [1.29, 1.82) is 0 Å². The highest BCUT2D eigenvalue weighted by molar-refractivity contribution is 5.79. The molecule has 6 nitrogen and oxygen atoms in total. The third kappa shape index (κ3) is 5.95. The van der Waals surface area contributed by atoms with E-state index in [0.29, 0.717) is 19.6 Å². The molecule has 1 aromatic rings. The lowest BCUT2D eigenvalue weighted by Crippen LogP contribution is -2.47. The van der Waals surface area contributed by atoms with Gasteiger partial charge in [-0.3, -0.25) is 9.69 Å². The standard InChI is InChI=1S/C23H36N4O2/c1-25(2)23(29)27-16-12-20(13-17-27)22(28)24-18-21(19-10-6-5-7-11-19)26-14-8-3-4-9-15-26/h5-7,10-11,20-21H,3-4,8-9,12-18H2,1-2H3,(H,24,28)/t21-/m1/s1. The minimum atomic E-state index is 0.00164. The first-order chi connectivity index (χ1) is 14.1. The van der Waals surface area contributed by atoms with Crippen molar-refractivity contribution in [3.63, 3.8) is 0 Å². The number of rotatable bonds is 5. The van der Waals surface area contributed by atoms with E-state index in [9.17, 15) is 9.59 Å². The number of nitrogens with one attached hydrogen (secondary N) is 1. The molecule has 2 saturated heterocycles. The van der Waals surface area contributed by atoms with Crippen molar-refractivity contribution in [1.82, 2.24) is 20.0 Å². The number of benzene rings is 1. The molecule has 2 aliphatic heterocycles. The molecule has 0 aliphatic carbocycles. The summed E-state index contributed by atoms with van der Waals surface area (Å²) in [6.07, 6.45) is 6.55. The van der Waals surface area contributed by atoms with Crippen molar-refractivity contribution >= 4 is 11.9 Å². The van der Waals surface area contributed by atoms with Gasteiger partial charge in [0.05, 0.1) is 6.04 Å². The molecule has 0 aromatic heterocycles. The number of hydrogen-bond donors (Lipinski definition) is 1. The van der Waals surface area contributed by atoms with Gasteiger partial charge < -0.3 is 15.1 Å². The third-order valence-corrected chi connectivity index (χ3v) is 6.25. The highest BCUT2D eigenvalue weighted by atomic mass is 16.2. The molecule has 2 fully saturated rings. The molecule has 0 bridgehead atoms. The first-order valence-electron chi connectivity index (χ1n) is 11.1. The lowest BCUT2D eigenvalue weighted by atomic mass is 9.95. The molecule has 0 saturated carbocycles. The van der Waals surface area contributed by atoms with Crippen LogP contribution in [-0.2, 0) is 4.79 Å². The maximum absolute atomic E-state index is 12.9. The lowest BCUT2D eigenvalue weighted by Gasteiger charge is -2.34. The third-order valence-electron chi connectivity index (χ3n) is 6.25. The number of carbonyl (C=O) groups is 2. The minimum absolute atomic E-state index is 0.00164. The van der Waals surface area contributed by atoms with Crippen LogP contribution in [-0.4, -0.2) is 73.5 Å². The van der Waals surface area contributed by atoms with Crippen LogP contribution in [0.25, 0.3) is 0 Å². The molecular weight excluding hydrogens is 364 g/mol. The maximum Gasteiger partial charge on any atom is 0.319 e. The molecule has 160 valence electrons. The number of piperidine rings is 1. The normalized spacial score (nSPS) is 20.0. The Morgan fingerprint density at radius 1 is 1.00 bits per heavy atom. The van der Waals surface area contributed by atoms with E-state index < -0.39 is 0 Å². The van der Waals surface area contributed by atoms with Gasteiger partial charge in [-0.1, -0.05) is 43.2 Å². The Hall–Kier alpha value is -2.08. The fraction of sp³-hybridized carbons (Fsp3) is 0.652. The van der Waals surface area contributed by atoms with Crippen LogP contribution in [0.4, 0.5) is 4.79 Å². The van der Waals surface area contributed by atoms with E-state index in [4.69, 9.17) is 0 Å². The number of carbonyl (C=O) groups excluding carboxylic acids is 2. The molecule has 6 heteroatoms. The van der Waals surface area contributed by atoms with Gasteiger partial charge in [0, 0.05) is 39.6 Å². The summed E-state index contributed by atoms with van der Waals surface area (Å²) in [5.74, 6) is 0.138. The molecule has 0 spiro atoms. The van der Waals surface area contributed by atoms with Crippen molar-refractivity contribution in [2.75, 3.05) is 46.8 Å². The maximum atomic E-state index is 12.9. The Kier molecular flexibility index (Phi) is 7.92. The molecule has 3 rings (SSSR count). The Morgan fingerprint density at radius 2 is 1.62 bits per heavy atom. The highest BCUT2D eigenvalue weighted by Crippen LogP contribution is 2.24. The minimum Gasteiger partial charge on any atom is -0.354 e. The molecule has 2 aliphatic rings. The Balaban J connectivity index is 1.56. The van der Waals surface area contributed by atoms with E-state index in [1.165, 1.54) is 31.2 Å². The van der Waals surface area contributed by atoms with E-state index in [1.54, 1.807) is 19.0 Å². The van der Waals surface area contributed by atoms with Crippen LogP contribution >= 0.6 is 0 Å². The molecule has 1 aromatic carbocycles. The summed E-state index contributed by atoms with van der Waals surface area (Å²) in [6, 6.07) is 10.8. The summed E-state index contributed by atoms with van der Waals surface area (Å²) in [7, 11) is 3.54. The number of nitrogens with zero attached hydrogens (tertiary/aromatic N) is 3. The zero-order chi connectivity index (χ0) is 20.6. The fourth-order valence-electron chi connectivity index (χ4n) is 4.50. The van der Waals surface area contributed by atoms with Crippen molar-refractivity contribution in [2.24, 2.45) is 5.92 Å². The van der Waals surface area contributed by atoms with Crippen LogP contribution in [0.1, 0.15) is 50.1 Å². The van der Waals surface area contributed by atoms with Crippen LogP contribution in [0.3, 0.4) is 0 Å². The smallest absolute Gasteiger partial charge is 0.319 e. The molecule has 2 heterocycles. The fourth-order valence-corrected chi connectivity index (χ4v) is 4.50. The van der Waals surface area contributed by atoms with Crippen molar-refractivity contribution in [3.8, 4) is 0 Å². The number of likely N-dealkylation sites (tertiary alicyclic amines) is 2. The second-order valence-corrected chi connectivity index (χ2v) is 8.56. The Bertz CT molecular complexity index is 648. The SMILES string of the molecule is CN(C)C(=O)N1CCC(C(=O)NC[C@H](c2ccccc2)N2CCCCCC2)CC1. The average Bonchev–Trinajstić information content (AvgIpc) is 3.03. The molecule has 1 atom stereocenters. The molecule has 1 N–H and O–H groups in total. The van der Waals surface area contributed by atoms with E-state index in [1.807, 2.05) is 11.0 Å². The Morgan fingerprint density at radius 3 is 2.21 bits per heavy atom. The van der Waals surface area contributed by atoms with Gasteiger partial charge in [-0.05, 0) is 44.3 Å². The first kappa shape index (κ1) is 21.6. The molecule has 3 amide bonds. The lowest BCUT2D eigenvalue weighted by molar-refractivity contribution is -0.126. The van der Waals surface area contributed by atoms with Crippen molar-refractivity contribution < 1.29 is 9.59 Å². The molecular formula is C23H36N4O2. The van der Waals surface area contributed by atoms with Gasteiger partial charge in [-0.25, -0.2) is 4.79 Å². The first-order valence-corrected chi connectivity index (χ1v) is 11.1. The van der Waals surface area contributed by atoms with Gasteiger partial charge in [0.2, 0.25) is 5.91 Å². The van der Waals surface area contributed by atoms with E-state index in [-0.39, 0.29) is 23.9 Å². The summed E-state index contributed by atoms with van der Waals surface area (Å²) in [4.78, 5) is 30.9. The van der Waals surface area contributed by atoms with Crippen LogP contribution < -0.4 is 5.32 Å². The zero-order valence-electron chi connectivity index (χ0n) is 18.0. The summed E-state index contributed by atoms with van der Waals surface area (Å²) < 4.78 is 0. The molecule has 0 unspecified atom stereocenters. The van der Waals surface area contributed by atoms with Gasteiger partial charge >= 0.3 is 6.03 Å². The second-order valence-electron chi connectivity index (χ2n) is 8.56. The zero-order valence-corrected chi connectivity index (χ0v) is 18.0. The summed E-state index contributed by atoms with van der Waals surface area (Å²) in [5.41, 5.74) is 1.28. The predicted octanol–water partition coefficient (Wildman–Crippen LogP) is 3.11. The summed E-state index contributed by atoms with van der Waals surface area (Å²) in [5, 5.41) is 3.24. The second kappa shape index (κ2) is 10.6. The topological polar surface area (TPSA) is 55.9 Å². The number of hydrogen-bond acceptors (Lipinski definition) is 3. The largest absolute Gasteiger partial charge is 0.354 e. The average molecular weight is 401 g/mol. The van der Waals surface area contributed by atoms with Gasteiger partial charge in [-0.2, -0.15) is 0 Å². The quantitative estimate of drug-likeness (QED) is 0.826. The van der Waals surface area contributed by atoms with E-state index in [0.717, 1.165) is 25.9 Å². The summed E-state index contributed by atoms with van der Waals surface area (Å²) >= 11 is 0. The van der Waals surface area contributed by atoms with Crippen LogP contribution in [0.5, 0.6) is 0 Å². The highest BCUT2D eigenvalue weighted by Gasteiger charge is 2.29. The van der Waals surface area contributed by atoms with Crippen molar-refractivity contribution in [3.05, 3.63) is 35.9 Å². The van der Waals surface area contributed by atoms with E-state index >= 15 is 0 Å². The monoisotopic (exact) mass is 400 g/mol. The van der Waals surface area contributed by atoms with Crippen molar-refractivity contribution in [2.45, 2.75) is 44.6 Å². The molecule has 0 radical (unpaired) electrons. The van der Waals surface area contributed by atoms with Gasteiger partial charge in [0.1, 0.15) is 0 Å². The van der Waals surface area contributed by atoms with Crippen LogP contribution in [0, 0.1) is 5.92 Å².